The Morgan fingerprint density at radius 2 is 1.74 bits per heavy atom. The van der Waals surface area contributed by atoms with Crippen LogP contribution < -0.4 is 5.46 Å². The normalized spacial score (nSPS) is 23.1. The van der Waals surface area contributed by atoms with Crippen molar-refractivity contribution in [3.05, 3.63) is 29.8 Å². The van der Waals surface area contributed by atoms with Crippen molar-refractivity contribution in [2.75, 3.05) is 26.3 Å². The second kappa shape index (κ2) is 9.10. The van der Waals surface area contributed by atoms with E-state index >= 15 is 0 Å². The molecule has 2 aliphatic rings. The Hall–Kier alpha value is -1.61. The van der Waals surface area contributed by atoms with Gasteiger partial charge >= 0.3 is 13.2 Å². The Bertz CT molecular complexity index is 742. The molecule has 8 heteroatoms. The average Bonchev–Trinajstić information content (AvgIpc) is 2.88. The third-order valence-corrected chi connectivity index (χ3v) is 5.87. The smallest absolute Gasteiger partial charge is 0.444 e. The summed E-state index contributed by atoms with van der Waals surface area (Å²) in [5, 5.41) is 0. The van der Waals surface area contributed by atoms with Crippen LogP contribution in [0.2, 0.25) is 0 Å². The van der Waals surface area contributed by atoms with Crippen molar-refractivity contribution in [3.8, 4) is 0 Å². The predicted molar refractivity (Wildman–Crippen MR) is 119 cm³/mol. The first-order valence-electron chi connectivity index (χ1n) is 11.0. The van der Waals surface area contributed by atoms with E-state index in [2.05, 4.69) is 0 Å². The summed E-state index contributed by atoms with van der Waals surface area (Å²) >= 11 is 0. The van der Waals surface area contributed by atoms with Crippen LogP contribution in [0.15, 0.2) is 24.3 Å². The maximum Gasteiger partial charge on any atom is 0.494 e. The molecule has 0 aliphatic carbocycles. The minimum Gasteiger partial charge on any atom is -0.444 e. The monoisotopic (exact) mass is 433 g/mol. The van der Waals surface area contributed by atoms with Crippen molar-refractivity contribution in [2.45, 2.75) is 78.0 Å². The molecule has 0 radical (unpaired) electrons. The number of carbonyl (C=O) groups excluding carboxylic acids is 1. The predicted octanol–water partition coefficient (Wildman–Crippen LogP) is 3.14. The fourth-order valence-electron chi connectivity index (χ4n) is 3.37. The third kappa shape index (κ3) is 6.22. The van der Waals surface area contributed by atoms with Crippen molar-refractivity contribution in [3.63, 3.8) is 0 Å². The Morgan fingerprint density at radius 3 is 2.32 bits per heavy atom. The van der Waals surface area contributed by atoms with E-state index in [9.17, 15) is 4.79 Å². The molecule has 1 atom stereocenters. The molecule has 1 unspecified atom stereocenters. The van der Waals surface area contributed by atoms with E-state index in [0.29, 0.717) is 32.9 Å². The quantitative estimate of drug-likeness (QED) is 0.665. The molecule has 2 heterocycles. The van der Waals surface area contributed by atoms with Crippen LogP contribution in [0.25, 0.3) is 0 Å². The first-order chi connectivity index (χ1) is 14.4. The minimum absolute atomic E-state index is 0.162. The van der Waals surface area contributed by atoms with E-state index < -0.39 is 5.60 Å². The zero-order valence-electron chi connectivity index (χ0n) is 19.9. The summed E-state index contributed by atoms with van der Waals surface area (Å²) in [6.45, 7) is 16.2. The SMILES string of the molecule is CC(C)(C)OC(=O)N1CCOC(COCc2ccc(B3OC(C)(C)C(C)(C)O3)cc2)C1. The van der Waals surface area contributed by atoms with Crippen molar-refractivity contribution >= 4 is 18.7 Å². The highest BCUT2D eigenvalue weighted by Crippen LogP contribution is 2.36. The fraction of sp³-hybridized carbons (Fsp3) is 0.696. The topological polar surface area (TPSA) is 66.5 Å². The first-order valence-corrected chi connectivity index (χ1v) is 11.0. The van der Waals surface area contributed by atoms with Gasteiger partial charge in [-0.15, -0.1) is 0 Å². The molecule has 1 aromatic rings. The van der Waals surface area contributed by atoms with Gasteiger partial charge in [0.05, 0.1) is 43.7 Å². The molecule has 31 heavy (non-hydrogen) atoms. The van der Waals surface area contributed by atoms with Crippen LogP contribution in [0.5, 0.6) is 0 Å². The largest absolute Gasteiger partial charge is 0.494 e. The lowest BCUT2D eigenvalue weighted by molar-refractivity contribution is -0.0750. The van der Waals surface area contributed by atoms with E-state index in [-0.39, 0.29) is 30.5 Å². The van der Waals surface area contributed by atoms with Crippen molar-refractivity contribution in [1.29, 1.82) is 0 Å². The lowest BCUT2D eigenvalue weighted by atomic mass is 9.79. The lowest BCUT2D eigenvalue weighted by Gasteiger charge is -2.34. The summed E-state index contributed by atoms with van der Waals surface area (Å²) in [6, 6.07) is 8.08. The van der Waals surface area contributed by atoms with Gasteiger partial charge in [0.15, 0.2) is 0 Å². The number of amides is 1. The number of nitrogens with zero attached hydrogens (tertiary/aromatic N) is 1. The second-order valence-corrected chi connectivity index (χ2v) is 10.3. The van der Waals surface area contributed by atoms with E-state index in [1.807, 2.05) is 72.7 Å². The number of morpholine rings is 1. The van der Waals surface area contributed by atoms with Gasteiger partial charge in [0, 0.05) is 6.54 Å². The molecule has 3 rings (SSSR count). The Labute approximate surface area is 186 Å². The summed E-state index contributed by atoms with van der Waals surface area (Å²) in [7, 11) is -0.366. The third-order valence-electron chi connectivity index (χ3n) is 5.87. The van der Waals surface area contributed by atoms with Crippen LogP contribution in [0, 0.1) is 0 Å². The summed E-state index contributed by atoms with van der Waals surface area (Å²) in [4.78, 5) is 13.9. The maximum absolute atomic E-state index is 12.3. The number of hydrogen-bond acceptors (Lipinski definition) is 6. The van der Waals surface area contributed by atoms with Crippen LogP contribution in [0.3, 0.4) is 0 Å². The molecule has 2 fully saturated rings. The molecule has 172 valence electrons. The molecule has 2 aliphatic heterocycles. The lowest BCUT2D eigenvalue weighted by Crippen LogP contribution is -2.48. The van der Waals surface area contributed by atoms with Crippen molar-refractivity contribution in [2.24, 2.45) is 0 Å². The van der Waals surface area contributed by atoms with Gasteiger partial charge in [0.25, 0.3) is 0 Å². The molecule has 0 bridgehead atoms. The van der Waals surface area contributed by atoms with Gasteiger partial charge in [-0.2, -0.15) is 0 Å². The first kappa shape index (κ1) is 24.0. The van der Waals surface area contributed by atoms with E-state index in [1.165, 1.54) is 0 Å². The standard InChI is InChI=1S/C23H36BNO6/c1-21(2,3)29-20(26)25-12-13-28-19(14-25)16-27-15-17-8-10-18(11-9-17)24-30-22(4,5)23(6,7)31-24/h8-11,19H,12-16H2,1-7H3. The van der Waals surface area contributed by atoms with Crippen LogP contribution >= 0.6 is 0 Å². The van der Waals surface area contributed by atoms with E-state index in [0.717, 1.165) is 11.0 Å². The minimum atomic E-state index is -0.506. The number of benzene rings is 1. The summed E-state index contributed by atoms with van der Waals surface area (Å²) in [6.07, 6.45) is -0.468. The molecule has 2 saturated heterocycles. The van der Waals surface area contributed by atoms with Gasteiger partial charge in [0.2, 0.25) is 0 Å². The summed E-state index contributed by atoms with van der Waals surface area (Å²) in [5.41, 5.74) is 0.832. The molecule has 0 aromatic heterocycles. The van der Waals surface area contributed by atoms with Crippen LogP contribution in [-0.2, 0) is 30.1 Å². The highest BCUT2D eigenvalue weighted by molar-refractivity contribution is 6.62. The number of rotatable bonds is 5. The summed E-state index contributed by atoms with van der Waals surface area (Å²) in [5.74, 6) is 0. The molecule has 1 aromatic carbocycles. The van der Waals surface area contributed by atoms with Gasteiger partial charge in [-0.1, -0.05) is 24.3 Å². The van der Waals surface area contributed by atoms with Crippen molar-refractivity contribution in [1.82, 2.24) is 4.90 Å². The van der Waals surface area contributed by atoms with Crippen LogP contribution in [0.1, 0.15) is 54.0 Å². The van der Waals surface area contributed by atoms with E-state index in [1.54, 1.807) is 4.90 Å². The number of carbonyl (C=O) groups is 1. The Morgan fingerprint density at radius 1 is 1.13 bits per heavy atom. The average molecular weight is 433 g/mol. The highest BCUT2D eigenvalue weighted by Gasteiger charge is 2.51. The van der Waals surface area contributed by atoms with Crippen LogP contribution in [-0.4, -0.2) is 67.3 Å². The number of ether oxygens (including phenoxy) is 3. The molecular formula is C23H36BNO6. The van der Waals surface area contributed by atoms with Crippen LogP contribution in [0.4, 0.5) is 4.79 Å². The highest BCUT2D eigenvalue weighted by atomic mass is 16.7. The Kier molecular flexibility index (Phi) is 7.06. The van der Waals surface area contributed by atoms with Gasteiger partial charge in [-0.3, -0.25) is 0 Å². The maximum atomic E-state index is 12.3. The van der Waals surface area contributed by atoms with Gasteiger partial charge in [0.1, 0.15) is 5.60 Å². The molecule has 1 amide bonds. The van der Waals surface area contributed by atoms with E-state index in [4.69, 9.17) is 23.5 Å². The zero-order chi connectivity index (χ0) is 22.9. The fourth-order valence-corrected chi connectivity index (χ4v) is 3.37. The molecule has 0 N–H and O–H groups in total. The molecular weight excluding hydrogens is 397 g/mol. The molecule has 0 saturated carbocycles. The summed E-state index contributed by atoms with van der Waals surface area (Å²) < 4.78 is 29.2. The van der Waals surface area contributed by atoms with Crippen molar-refractivity contribution < 1.29 is 28.3 Å². The van der Waals surface area contributed by atoms with Gasteiger partial charge in [-0.25, -0.2) is 4.79 Å². The van der Waals surface area contributed by atoms with Gasteiger partial charge < -0.3 is 28.4 Å². The Balaban J connectivity index is 1.45. The number of hydrogen-bond donors (Lipinski definition) is 0. The second-order valence-electron chi connectivity index (χ2n) is 10.3. The molecule has 0 spiro atoms. The van der Waals surface area contributed by atoms with Gasteiger partial charge in [-0.05, 0) is 59.5 Å². The molecule has 7 nitrogen and oxygen atoms in total. The zero-order valence-corrected chi connectivity index (χ0v) is 19.9.